The maximum atomic E-state index is 13.3. The predicted octanol–water partition coefficient (Wildman–Crippen LogP) is 4.29. The number of halogens is 1. The van der Waals surface area contributed by atoms with Gasteiger partial charge in [0.1, 0.15) is 5.82 Å². The standard InChI is InChI=1S/C17H22FNS/c1-13(2)19-12-15(11-17-7-4-8-20-17)9-14-5-3-6-16(18)10-14/h3-8,10,13,15,19H,9,11-12H2,1-2H3. The molecule has 1 atom stereocenters. The fourth-order valence-corrected chi connectivity index (χ4v) is 3.15. The first kappa shape index (κ1) is 15.2. The molecule has 0 spiro atoms. The molecule has 108 valence electrons. The average molecular weight is 291 g/mol. The molecule has 0 amide bonds. The maximum absolute atomic E-state index is 13.3. The van der Waals surface area contributed by atoms with Gasteiger partial charge < -0.3 is 5.32 Å². The van der Waals surface area contributed by atoms with E-state index in [4.69, 9.17) is 0 Å². The summed E-state index contributed by atoms with van der Waals surface area (Å²) in [7, 11) is 0. The molecule has 0 aliphatic carbocycles. The molecule has 0 fully saturated rings. The van der Waals surface area contributed by atoms with Crippen LogP contribution in [0.4, 0.5) is 4.39 Å². The Kier molecular flexibility index (Phi) is 5.74. The summed E-state index contributed by atoms with van der Waals surface area (Å²) in [4.78, 5) is 1.40. The molecule has 2 rings (SSSR count). The van der Waals surface area contributed by atoms with Crippen LogP contribution >= 0.6 is 11.3 Å². The zero-order valence-corrected chi connectivity index (χ0v) is 12.9. The Bertz CT molecular complexity index is 507. The molecular weight excluding hydrogens is 269 g/mol. The number of benzene rings is 1. The summed E-state index contributed by atoms with van der Waals surface area (Å²) < 4.78 is 13.3. The SMILES string of the molecule is CC(C)NCC(Cc1cccc(F)c1)Cc1cccs1. The Morgan fingerprint density at radius 3 is 2.65 bits per heavy atom. The molecule has 0 radical (unpaired) electrons. The molecule has 1 nitrogen and oxygen atoms in total. The lowest BCUT2D eigenvalue weighted by Crippen LogP contribution is -2.30. The fraction of sp³-hybridized carbons (Fsp3) is 0.412. The maximum Gasteiger partial charge on any atom is 0.123 e. The molecule has 0 aliphatic heterocycles. The first-order chi connectivity index (χ1) is 9.63. The number of hydrogen-bond donors (Lipinski definition) is 1. The third-order valence-electron chi connectivity index (χ3n) is 3.30. The van der Waals surface area contributed by atoms with Crippen LogP contribution in [-0.4, -0.2) is 12.6 Å². The minimum atomic E-state index is -0.144. The van der Waals surface area contributed by atoms with Crippen molar-refractivity contribution in [3.05, 3.63) is 58.0 Å². The van der Waals surface area contributed by atoms with E-state index in [1.165, 1.54) is 10.9 Å². The highest BCUT2D eigenvalue weighted by atomic mass is 32.1. The van der Waals surface area contributed by atoms with Gasteiger partial charge in [-0.2, -0.15) is 0 Å². The van der Waals surface area contributed by atoms with Gasteiger partial charge >= 0.3 is 0 Å². The van der Waals surface area contributed by atoms with E-state index >= 15 is 0 Å². The first-order valence-electron chi connectivity index (χ1n) is 7.13. The Hall–Kier alpha value is -1.19. The van der Waals surface area contributed by atoms with Gasteiger partial charge in [0.15, 0.2) is 0 Å². The Morgan fingerprint density at radius 1 is 1.15 bits per heavy atom. The van der Waals surface area contributed by atoms with Crippen LogP contribution in [0.2, 0.25) is 0 Å². The zero-order chi connectivity index (χ0) is 14.4. The van der Waals surface area contributed by atoms with Gasteiger partial charge in [0.05, 0.1) is 0 Å². The van der Waals surface area contributed by atoms with Crippen LogP contribution in [0, 0.1) is 11.7 Å². The molecule has 2 aromatic rings. The van der Waals surface area contributed by atoms with Crippen LogP contribution in [0.25, 0.3) is 0 Å². The molecule has 0 saturated carbocycles. The number of thiophene rings is 1. The van der Waals surface area contributed by atoms with E-state index in [-0.39, 0.29) is 5.82 Å². The second-order valence-corrected chi connectivity index (χ2v) is 6.58. The second kappa shape index (κ2) is 7.55. The molecule has 1 aromatic heterocycles. The minimum Gasteiger partial charge on any atom is -0.314 e. The highest BCUT2D eigenvalue weighted by Crippen LogP contribution is 2.18. The summed E-state index contributed by atoms with van der Waals surface area (Å²) in [5.41, 5.74) is 1.08. The number of hydrogen-bond acceptors (Lipinski definition) is 2. The average Bonchev–Trinajstić information content (AvgIpc) is 2.89. The van der Waals surface area contributed by atoms with Gasteiger partial charge in [0.2, 0.25) is 0 Å². The van der Waals surface area contributed by atoms with Gasteiger partial charge in [-0.3, -0.25) is 0 Å². The molecule has 1 N–H and O–H groups in total. The van der Waals surface area contributed by atoms with Crippen molar-refractivity contribution in [3.8, 4) is 0 Å². The largest absolute Gasteiger partial charge is 0.314 e. The molecule has 0 bridgehead atoms. The molecular formula is C17H22FNS. The quantitative estimate of drug-likeness (QED) is 0.802. The molecule has 1 unspecified atom stereocenters. The van der Waals surface area contributed by atoms with Crippen LogP contribution in [0.3, 0.4) is 0 Å². The van der Waals surface area contributed by atoms with E-state index in [0.29, 0.717) is 12.0 Å². The summed E-state index contributed by atoms with van der Waals surface area (Å²) >= 11 is 1.80. The van der Waals surface area contributed by atoms with Gasteiger partial charge in [0.25, 0.3) is 0 Å². The second-order valence-electron chi connectivity index (χ2n) is 5.55. The number of rotatable bonds is 7. The Balaban J connectivity index is 2.01. The third kappa shape index (κ3) is 5.06. The van der Waals surface area contributed by atoms with Crippen LogP contribution in [0.15, 0.2) is 41.8 Å². The molecule has 0 aliphatic rings. The number of nitrogens with one attached hydrogen (secondary N) is 1. The van der Waals surface area contributed by atoms with Crippen LogP contribution < -0.4 is 5.32 Å². The lowest BCUT2D eigenvalue weighted by molar-refractivity contribution is 0.445. The summed E-state index contributed by atoms with van der Waals surface area (Å²) in [6.45, 7) is 5.28. The normalized spacial score (nSPS) is 12.8. The van der Waals surface area contributed by atoms with E-state index in [1.54, 1.807) is 23.5 Å². The van der Waals surface area contributed by atoms with Crippen molar-refractivity contribution in [1.29, 1.82) is 0 Å². The first-order valence-corrected chi connectivity index (χ1v) is 8.01. The van der Waals surface area contributed by atoms with Crippen molar-refractivity contribution in [2.45, 2.75) is 32.7 Å². The zero-order valence-electron chi connectivity index (χ0n) is 12.1. The minimum absolute atomic E-state index is 0.144. The molecule has 1 aromatic carbocycles. The molecule has 20 heavy (non-hydrogen) atoms. The van der Waals surface area contributed by atoms with Crippen molar-refractivity contribution in [2.24, 2.45) is 5.92 Å². The van der Waals surface area contributed by atoms with Crippen molar-refractivity contribution in [3.63, 3.8) is 0 Å². The Morgan fingerprint density at radius 2 is 2.00 bits per heavy atom. The van der Waals surface area contributed by atoms with Gasteiger partial charge in [-0.1, -0.05) is 32.0 Å². The van der Waals surface area contributed by atoms with Crippen LogP contribution in [0.1, 0.15) is 24.3 Å². The Labute approximate surface area is 124 Å². The van der Waals surface area contributed by atoms with E-state index in [1.807, 2.05) is 6.07 Å². The van der Waals surface area contributed by atoms with Crippen molar-refractivity contribution >= 4 is 11.3 Å². The van der Waals surface area contributed by atoms with Gasteiger partial charge in [0, 0.05) is 10.9 Å². The van der Waals surface area contributed by atoms with Crippen LogP contribution in [-0.2, 0) is 12.8 Å². The molecule has 0 saturated heterocycles. The van der Waals surface area contributed by atoms with E-state index < -0.39 is 0 Å². The highest BCUT2D eigenvalue weighted by molar-refractivity contribution is 7.09. The fourth-order valence-electron chi connectivity index (χ4n) is 2.33. The van der Waals surface area contributed by atoms with Crippen molar-refractivity contribution in [1.82, 2.24) is 5.32 Å². The smallest absolute Gasteiger partial charge is 0.123 e. The highest BCUT2D eigenvalue weighted by Gasteiger charge is 2.12. The summed E-state index contributed by atoms with van der Waals surface area (Å²) in [6, 6.07) is 11.7. The van der Waals surface area contributed by atoms with E-state index in [9.17, 15) is 4.39 Å². The van der Waals surface area contributed by atoms with Gasteiger partial charge in [-0.15, -0.1) is 11.3 Å². The monoisotopic (exact) mass is 291 g/mol. The topological polar surface area (TPSA) is 12.0 Å². The molecule has 1 heterocycles. The van der Waals surface area contributed by atoms with Gasteiger partial charge in [-0.25, -0.2) is 4.39 Å². The van der Waals surface area contributed by atoms with Gasteiger partial charge in [-0.05, 0) is 54.4 Å². The van der Waals surface area contributed by atoms with Crippen LogP contribution in [0.5, 0.6) is 0 Å². The lowest BCUT2D eigenvalue weighted by atomic mass is 9.95. The summed E-state index contributed by atoms with van der Waals surface area (Å²) in [5, 5.41) is 5.62. The van der Waals surface area contributed by atoms with Crippen molar-refractivity contribution < 1.29 is 4.39 Å². The van der Waals surface area contributed by atoms with E-state index in [0.717, 1.165) is 24.9 Å². The van der Waals surface area contributed by atoms with Crippen molar-refractivity contribution in [2.75, 3.05) is 6.54 Å². The molecule has 3 heteroatoms. The third-order valence-corrected chi connectivity index (χ3v) is 4.20. The predicted molar refractivity (Wildman–Crippen MR) is 84.8 cm³/mol. The lowest BCUT2D eigenvalue weighted by Gasteiger charge is -2.19. The summed E-state index contributed by atoms with van der Waals surface area (Å²) in [5.74, 6) is 0.354. The van der Waals surface area contributed by atoms with E-state index in [2.05, 4.69) is 36.7 Å². The summed E-state index contributed by atoms with van der Waals surface area (Å²) in [6.07, 6.45) is 1.96.